The summed E-state index contributed by atoms with van der Waals surface area (Å²) >= 11 is 0. The molecule has 4 heteroatoms. The van der Waals surface area contributed by atoms with Gasteiger partial charge in [-0.3, -0.25) is 0 Å². The number of nitrogens with zero attached hydrogens (tertiary/aromatic N) is 1. The van der Waals surface area contributed by atoms with Crippen molar-refractivity contribution < 1.29 is 4.79 Å². The number of rotatable bonds is 7. The van der Waals surface area contributed by atoms with Crippen LogP contribution in [0, 0.1) is 11.3 Å². The third-order valence-corrected chi connectivity index (χ3v) is 6.18. The molecule has 1 saturated carbocycles. The molecule has 0 bridgehead atoms. The zero-order chi connectivity index (χ0) is 18.6. The number of carbonyl (C=O) groups excluding carboxylic acids is 1. The van der Waals surface area contributed by atoms with Crippen LogP contribution >= 0.6 is 0 Å². The van der Waals surface area contributed by atoms with Gasteiger partial charge in [0, 0.05) is 18.5 Å². The molecule has 3 rings (SSSR count). The van der Waals surface area contributed by atoms with E-state index in [1.807, 2.05) is 0 Å². The third kappa shape index (κ3) is 5.23. The van der Waals surface area contributed by atoms with Gasteiger partial charge in [0.1, 0.15) is 0 Å². The molecule has 0 unspecified atom stereocenters. The van der Waals surface area contributed by atoms with Gasteiger partial charge in [-0.05, 0) is 56.3 Å². The first kappa shape index (κ1) is 19.2. The molecular formula is C22H35N3O. The van der Waals surface area contributed by atoms with Gasteiger partial charge < -0.3 is 15.5 Å². The first-order chi connectivity index (χ1) is 12.4. The van der Waals surface area contributed by atoms with Gasteiger partial charge >= 0.3 is 6.03 Å². The fourth-order valence-electron chi connectivity index (χ4n) is 4.21. The maximum atomic E-state index is 12.4. The van der Waals surface area contributed by atoms with E-state index in [-0.39, 0.29) is 16.9 Å². The Bertz CT molecular complexity index is 587. The van der Waals surface area contributed by atoms with Crippen molar-refractivity contribution in [2.75, 3.05) is 33.2 Å². The van der Waals surface area contributed by atoms with Crippen LogP contribution in [0.1, 0.15) is 51.5 Å². The van der Waals surface area contributed by atoms with Gasteiger partial charge in [-0.15, -0.1) is 0 Å². The Morgan fingerprint density at radius 3 is 2.42 bits per heavy atom. The summed E-state index contributed by atoms with van der Waals surface area (Å²) in [6.07, 6.45) is 6.11. The van der Waals surface area contributed by atoms with Gasteiger partial charge in [0.05, 0.1) is 0 Å². The summed E-state index contributed by atoms with van der Waals surface area (Å²) < 4.78 is 0. The Hall–Kier alpha value is -1.55. The summed E-state index contributed by atoms with van der Waals surface area (Å²) in [5.74, 6) is 0.885. The summed E-state index contributed by atoms with van der Waals surface area (Å²) in [6.45, 7) is 8.12. The van der Waals surface area contributed by atoms with Gasteiger partial charge in [0.15, 0.2) is 0 Å². The molecule has 2 fully saturated rings. The van der Waals surface area contributed by atoms with E-state index in [0.29, 0.717) is 6.54 Å². The molecule has 0 atom stereocenters. The van der Waals surface area contributed by atoms with Crippen molar-refractivity contribution in [2.24, 2.45) is 11.3 Å². The van der Waals surface area contributed by atoms with Gasteiger partial charge in [0.2, 0.25) is 0 Å². The van der Waals surface area contributed by atoms with E-state index in [0.717, 1.165) is 38.4 Å². The minimum absolute atomic E-state index is 0.0249. The minimum Gasteiger partial charge on any atom is -0.338 e. The number of piperidine rings is 1. The molecule has 144 valence electrons. The van der Waals surface area contributed by atoms with E-state index in [9.17, 15) is 4.79 Å². The van der Waals surface area contributed by atoms with Crippen molar-refractivity contribution >= 4 is 6.03 Å². The molecule has 0 aromatic heterocycles. The monoisotopic (exact) mass is 357 g/mol. The number of carbonyl (C=O) groups is 1. The van der Waals surface area contributed by atoms with Crippen LogP contribution in [0.5, 0.6) is 0 Å². The summed E-state index contributed by atoms with van der Waals surface area (Å²) in [5.41, 5.74) is 1.58. The largest absolute Gasteiger partial charge is 0.338 e. The molecule has 1 heterocycles. The number of amides is 2. The Morgan fingerprint density at radius 2 is 1.81 bits per heavy atom. The van der Waals surface area contributed by atoms with Crippen molar-refractivity contribution in [1.82, 2.24) is 15.5 Å². The van der Waals surface area contributed by atoms with Crippen LogP contribution in [0.3, 0.4) is 0 Å². The summed E-state index contributed by atoms with van der Waals surface area (Å²) in [6, 6.07) is 10.7. The van der Waals surface area contributed by atoms with E-state index in [1.165, 1.54) is 24.8 Å². The lowest BCUT2D eigenvalue weighted by atomic mass is 9.72. The summed E-state index contributed by atoms with van der Waals surface area (Å²) in [5, 5.41) is 6.29. The zero-order valence-corrected chi connectivity index (χ0v) is 16.7. The predicted octanol–water partition coefficient (Wildman–Crippen LogP) is 3.78. The quantitative estimate of drug-likeness (QED) is 0.780. The molecule has 0 spiro atoms. The fourth-order valence-corrected chi connectivity index (χ4v) is 4.21. The molecule has 26 heavy (non-hydrogen) atoms. The lowest BCUT2D eigenvalue weighted by Gasteiger charge is -2.41. The topological polar surface area (TPSA) is 44.4 Å². The number of hydrogen-bond donors (Lipinski definition) is 2. The molecule has 1 aliphatic carbocycles. The molecule has 2 N–H and O–H groups in total. The van der Waals surface area contributed by atoms with E-state index >= 15 is 0 Å². The molecule has 4 nitrogen and oxygen atoms in total. The highest BCUT2D eigenvalue weighted by Gasteiger charge is 2.36. The van der Waals surface area contributed by atoms with Gasteiger partial charge in [-0.1, -0.05) is 57.0 Å². The molecule has 0 radical (unpaired) electrons. The number of nitrogens with one attached hydrogen (secondary N) is 2. The van der Waals surface area contributed by atoms with Crippen LogP contribution in [0.25, 0.3) is 0 Å². The molecule has 1 saturated heterocycles. The first-order valence-corrected chi connectivity index (χ1v) is 10.1. The number of benzene rings is 1. The number of likely N-dealkylation sites (tertiary alicyclic amines) is 1. The summed E-state index contributed by atoms with van der Waals surface area (Å²) in [4.78, 5) is 14.8. The molecular weight excluding hydrogens is 322 g/mol. The van der Waals surface area contributed by atoms with Crippen molar-refractivity contribution in [2.45, 2.75) is 51.4 Å². The second-order valence-electron chi connectivity index (χ2n) is 9.30. The normalized spacial score (nSPS) is 20.6. The zero-order valence-electron chi connectivity index (χ0n) is 16.7. The van der Waals surface area contributed by atoms with Gasteiger partial charge in [0.25, 0.3) is 0 Å². The van der Waals surface area contributed by atoms with Crippen LogP contribution in [-0.4, -0.2) is 44.2 Å². The lowest BCUT2D eigenvalue weighted by Crippen LogP contribution is -2.50. The first-order valence-electron chi connectivity index (χ1n) is 10.1. The van der Waals surface area contributed by atoms with E-state index < -0.39 is 0 Å². The average Bonchev–Trinajstić information content (AvgIpc) is 3.44. The Balaban J connectivity index is 1.55. The smallest absolute Gasteiger partial charge is 0.314 e. The van der Waals surface area contributed by atoms with Crippen LogP contribution < -0.4 is 10.6 Å². The second kappa shape index (κ2) is 7.99. The molecule has 1 aromatic carbocycles. The van der Waals surface area contributed by atoms with Crippen molar-refractivity contribution in [3.8, 4) is 0 Å². The molecule has 2 amide bonds. The van der Waals surface area contributed by atoms with Crippen LogP contribution in [0.15, 0.2) is 30.3 Å². The van der Waals surface area contributed by atoms with Crippen molar-refractivity contribution in [1.29, 1.82) is 0 Å². The SMILES string of the molecule is CN1CCC(CNC(=O)NCC(C)(C)CC2CC2)(c2ccccc2)CC1. The number of urea groups is 1. The third-order valence-electron chi connectivity index (χ3n) is 6.18. The fraction of sp³-hybridized carbons (Fsp3) is 0.682. The molecule has 1 aliphatic heterocycles. The highest BCUT2D eigenvalue weighted by Crippen LogP contribution is 2.39. The Morgan fingerprint density at radius 1 is 1.15 bits per heavy atom. The number of hydrogen-bond acceptors (Lipinski definition) is 2. The summed E-state index contributed by atoms with van der Waals surface area (Å²) in [7, 11) is 2.18. The molecule has 2 aliphatic rings. The van der Waals surface area contributed by atoms with E-state index in [1.54, 1.807) is 0 Å². The Kier molecular flexibility index (Phi) is 5.91. The van der Waals surface area contributed by atoms with E-state index in [4.69, 9.17) is 0 Å². The van der Waals surface area contributed by atoms with Gasteiger partial charge in [-0.25, -0.2) is 4.79 Å². The standard InChI is InChI=1S/C22H35N3O/c1-21(2,15-18-9-10-18)16-23-20(26)24-17-22(11-13-25(3)14-12-22)19-7-5-4-6-8-19/h4-8,18H,9-17H2,1-3H3,(H2,23,24,26). The van der Waals surface area contributed by atoms with Crippen LogP contribution in [0.4, 0.5) is 4.79 Å². The van der Waals surface area contributed by atoms with Crippen LogP contribution in [-0.2, 0) is 5.41 Å². The molecule has 1 aromatic rings. The van der Waals surface area contributed by atoms with Gasteiger partial charge in [-0.2, -0.15) is 0 Å². The highest BCUT2D eigenvalue weighted by atomic mass is 16.2. The average molecular weight is 358 g/mol. The highest BCUT2D eigenvalue weighted by molar-refractivity contribution is 5.74. The predicted molar refractivity (Wildman–Crippen MR) is 107 cm³/mol. The van der Waals surface area contributed by atoms with Crippen molar-refractivity contribution in [3.05, 3.63) is 35.9 Å². The van der Waals surface area contributed by atoms with E-state index in [2.05, 4.69) is 66.8 Å². The lowest BCUT2D eigenvalue weighted by molar-refractivity contribution is 0.180. The Labute approximate surface area is 158 Å². The maximum absolute atomic E-state index is 12.4. The minimum atomic E-state index is -0.0249. The van der Waals surface area contributed by atoms with Crippen LogP contribution in [0.2, 0.25) is 0 Å². The van der Waals surface area contributed by atoms with Crippen molar-refractivity contribution in [3.63, 3.8) is 0 Å². The second-order valence-corrected chi connectivity index (χ2v) is 9.30. The maximum Gasteiger partial charge on any atom is 0.314 e.